The van der Waals surface area contributed by atoms with E-state index in [0.717, 1.165) is 25.1 Å². The van der Waals surface area contributed by atoms with E-state index in [1.54, 1.807) is 0 Å². The molecule has 0 spiro atoms. The average Bonchev–Trinajstić information content (AvgIpc) is 2.78. The molecule has 1 fully saturated rings. The molecule has 3 aliphatic carbocycles. The average molecular weight is 534 g/mol. The van der Waals surface area contributed by atoms with E-state index in [1.165, 1.54) is 19.9 Å². The Kier molecular flexibility index (Phi) is 6.19. The zero-order chi connectivity index (χ0) is 27.7. The summed E-state index contributed by atoms with van der Waals surface area (Å²) in [6, 6.07) is 1.98. The maximum Gasteiger partial charge on any atom is 0.327 e. The van der Waals surface area contributed by atoms with Crippen molar-refractivity contribution in [2.75, 3.05) is 5.75 Å². The fraction of sp³-hybridized carbons (Fsp3) is 0.480. The molecule has 0 heterocycles. The van der Waals surface area contributed by atoms with Crippen molar-refractivity contribution in [3.63, 3.8) is 0 Å². The number of ketones is 3. The number of carboxylic acids is 1. The van der Waals surface area contributed by atoms with Crippen LogP contribution in [-0.4, -0.2) is 88.1 Å². The number of carbonyl (C=O) groups excluding carboxylic acids is 4. The van der Waals surface area contributed by atoms with E-state index >= 15 is 0 Å². The molecule has 6 N–H and O–H groups in total. The van der Waals surface area contributed by atoms with Crippen molar-refractivity contribution in [3.05, 3.63) is 41.0 Å². The molecule has 6 atom stereocenters. The van der Waals surface area contributed by atoms with Gasteiger partial charge in [-0.05, 0) is 31.4 Å². The SMILES string of the molecule is CC(=O)NC(CSC12C(=O)c3c(O)cccc3C(=O)C1(O)C1(O)C(=O)C=C(C)CC1(O)CC2C)C(=O)O. The molecule has 37 heavy (non-hydrogen) atoms. The lowest BCUT2D eigenvalue weighted by atomic mass is 9.46. The number of fused-ring (bicyclic) bond motifs is 4. The molecule has 3 aliphatic rings. The second-order valence-corrected chi connectivity index (χ2v) is 11.4. The fourth-order valence-electron chi connectivity index (χ4n) is 6.23. The molecule has 0 aromatic heterocycles. The third kappa shape index (κ3) is 3.29. The molecule has 12 heteroatoms. The predicted octanol–water partition coefficient (Wildman–Crippen LogP) is -0.0153. The first-order valence-electron chi connectivity index (χ1n) is 11.5. The summed E-state index contributed by atoms with van der Waals surface area (Å²) in [5.74, 6) is -7.88. The largest absolute Gasteiger partial charge is 0.507 e. The van der Waals surface area contributed by atoms with Crippen LogP contribution in [0.5, 0.6) is 5.75 Å². The first-order chi connectivity index (χ1) is 17.1. The lowest BCUT2D eigenvalue weighted by Gasteiger charge is -2.65. The number of rotatable bonds is 5. The molecule has 4 rings (SSSR count). The summed E-state index contributed by atoms with van der Waals surface area (Å²) in [4.78, 5) is 65.0. The van der Waals surface area contributed by atoms with E-state index in [1.807, 2.05) is 0 Å². The smallest absolute Gasteiger partial charge is 0.327 e. The lowest BCUT2D eigenvalue weighted by molar-refractivity contribution is -0.253. The Balaban J connectivity index is 2.03. The summed E-state index contributed by atoms with van der Waals surface area (Å²) in [5, 5.41) is 58.3. The molecule has 0 aliphatic heterocycles. The standard InChI is InChI=1S/C25H27NO10S/c1-11-7-17(29)24(35)22(34,8-11)9-12(2)23(37-10-15(21(32)33)26-13(3)27)20(31)18-14(5-4-6-16(18)28)19(30)25(23,24)36/h4-7,12,15,28,34-36H,8-10H2,1-3H3,(H,26,27)(H,32,33). The number of carboxylic acid groups (broad SMARTS) is 1. The van der Waals surface area contributed by atoms with Gasteiger partial charge in [-0.15, -0.1) is 11.8 Å². The highest BCUT2D eigenvalue weighted by atomic mass is 32.2. The van der Waals surface area contributed by atoms with Crippen LogP contribution in [0.3, 0.4) is 0 Å². The van der Waals surface area contributed by atoms with Gasteiger partial charge in [0.15, 0.2) is 22.8 Å². The predicted molar refractivity (Wildman–Crippen MR) is 129 cm³/mol. The summed E-state index contributed by atoms with van der Waals surface area (Å²) in [5.41, 5.74) is -9.30. The van der Waals surface area contributed by atoms with Gasteiger partial charge in [0.25, 0.3) is 0 Å². The molecule has 198 valence electrons. The maximum absolute atomic E-state index is 14.2. The Morgan fingerprint density at radius 3 is 2.38 bits per heavy atom. The number of aliphatic hydroxyl groups is 3. The van der Waals surface area contributed by atoms with Crippen LogP contribution >= 0.6 is 11.8 Å². The number of benzene rings is 1. The van der Waals surface area contributed by atoms with Crippen molar-refractivity contribution in [2.24, 2.45) is 5.92 Å². The second-order valence-electron chi connectivity index (χ2n) is 10.1. The quantitative estimate of drug-likeness (QED) is 0.297. The van der Waals surface area contributed by atoms with Crippen molar-refractivity contribution in [3.8, 4) is 5.75 Å². The first kappa shape index (κ1) is 27.0. The summed E-state index contributed by atoms with van der Waals surface area (Å²) >= 11 is 0.483. The Morgan fingerprint density at radius 1 is 1.14 bits per heavy atom. The van der Waals surface area contributed by atoms with Gasteiger partial charge < -0.3 is 30.8 Å². The van der Waals surface area contributed by atoms with Gasteiger partial charge >= 0.3 is 5.97 Å². The number of phenols is 1. The van der Waals surface area contributed by atoms with E-state index in [-0.39, 0.29) is 6.42 Å². The van der Waals surface area contributed by atoms with Gasteiger partial charge in [0, 0.05) is 24.7 Å². The normalized spacial score (nSPS) is 35.6. The second kappa shape index (κ2) is 8.48. The first-order valence-corrected chi connectivity index (χ1v) is 12.5. The fourth-order valence-corrected chi connectivity index (χ4v) is 7.93. The van der Waals surface area contributed by atoms with Crippen LogP contribution in [-0.2, 0) is 14.4 Å². The number of carbonyl (C=O) groups is 5. The van der Waals surface area contributed by atoms with Gasteiger partial charge in [-0.2, -0.15) is 0 Å². The van der Waals surface area contributed by atoms with E-state index in [0.29, 0.717) is 17.3 Å². The number of aromatic hydroxyl groups is 1. The monoisotopic (exact) mass is 533 g/mol. The number of Topliss-reactive ketones (excluding diaryl/α,β-unsaturated/α-hetero) is 2. The Labute approximate surface area is 215 Å². The number of thioether (sulfide) groups is 1. The van der Waals surface area contributed by atoms with Gasteiger partial charge in [0.2, 0.25) is 11.7 Å². The van der Waals surface area contributed by atoms with Crippen LogP contribution < -0.4 is 5.32 Å². The van der Waals surface area contributed by atoms with Gasteiger partial charge in [0.05, 0.1) is 5.56 Å². The van der Waals surface area contributed by atoms with Crippen LogP contribution in [0.4, 0.5) is 0 Å². The number of hydrogen-bond donors (Lipinski definition) is 6. The molecular formula is C25H27NO10S. The molecule has 1 amide bonds. The van der Waals surface area contributed by atoms with Gasteiger partial charge in [-0.3, -0.25) is 19.2 Å². The van der Waals surface area contributed by atoms with Crippen LogP contribution in [0.1, 0.15) is 54.3 Å². The third-order valence-corrected chi connectivity index (χ3v) is 9.55. The molecular weight excluding hydrogens is 506 g/mol. The van der Waals surface area contributed by atoms with E-state index in [9.17, 15) is 49.5 Å². The topological polar surface area (TPSA) is 199 Å². The van der Waals surface area contributed by atoms with Crippen LogP contribution in [0.2, 0.25) is 0 Å². The van der Waals surface area contributed by atoms with Crippen molar-refractivity contribution >= 4 is 41.0 Å². The molecule has 1 aromatic rings. The van der Waals surface area contributed by atoms with Gasteiger partial charge in [-0.25, -0.2) is 4.79 Å². The molecule has 0 radical (unpaired) electrons. The molecule has 1 saturated carbocycles. The highest BCUT2D eigenvalue weighted by molar-refractivity contribution is 8.01. The van der Waals surface area contributed by atoms with E-state index in [2.05, 4.69) is 5.32 Å². The minimum Gasteiger partial charge on any atom is -0.507 e. The van der Waals surface area contributed by atoms with E-state index in [4.69, 9.17) is 0 Å². The summed E-state index contributed by atoms with van der Waals surface area (Å²) in [6.45, 7) is 4.05. The van der Waals surface area contributed by atoms with Gasteiger partial charge in [0.1, 0.15) is 22.1 Å². The molecule has 0 saturated heterocycles. The van der Waals surface area contributed by atoms with Gasteiger partial charge in [-0.1, -0.05) is 24.6 Å². The van der Waals surface area contributed by atoms with Crippen LogP contribution in [0, 0.1) is 5.92 Å². The number of hydrogen-bond acceptors (Lipinski definition) is 10. The maximum atomic E-state index is 14.2. The number of nitrogens with one attached hydrogen (secondary N) is 1. The molecule has 1 aromatic carbocycles. The molecule has 0 bridgehead atoms. The Bertz CT molecular complexity index is 1290. The van der Waals surface area contributed by atoms with Crippen molar-refractivity contribution in [1.82, 2.24) is 5.32 Å². The minimum atomic E-state index is -3.26. The van der Waals surface area contributed by atoms with Crippen molar-refractivity contribution in [2.45, 2.75) is 61.2 Å². The summed E-state index contributed by atoms with van der Waals surface area (Å²) < 4.78 is -2.42. The lowest BCUT2D eigenvalue weighted by Crippen LogP contribution is -2.88. The Morgan fingerprint density at radius 2 is 1.78 bits per heavy atom. The zero-order valence-corrected chi connectivity index (χ0v) is 21.1. The van der Waals surface area contributed by atoms with Crippen LogP contribution in [0.25, 0.3) is 0 Å². The summed E-state index contributed by atoms with van der Waals surface area (Å²) in [7, 11) is 0. The number of amides is 1. The molecule has 11 nitrogen and oxygen atoms in total. The molecule has 6 unspecified atom stereocenters. The Hall–Kier alpha value is -3.06. The number of aliphatic carboxylic acids is 1. The highest BCUT2D eigenvalue weighted by Gasteiger charge is 2.84. The van der Waals surface area contributed by atoms with Crippen molar-refractivity contribution < 1.29 is 49.5 Å². The minimum absolute atomic E-state index is 0.277. The van der Waals surface area contributed by atoms with Crippen LogP contribution in [0.15, 0.2) is 29.8 Å². The van der Waals surface area contributed by atoms with Crippen molar-refractivity contribution in [1.29, 1.82) is 0 Å². The van der Waals surface area contributed by atoms with E-state index < -0.39 is 91.8 Å². The zero-order valence-electron chi connectivity index (χ0n) is 20.3. The third-order valence-electron chi connectivity index (χ3n) is 7.71. The number of phenolic OH excluding ortho intramolecular Hbond substituents is 1. The highest BCUT2D eigenvalue weighted by Crippen LogP contribution is 2.64. The summed E-state index contributed by atoms with van der Waals surface area (Å²) in [6.07, 6.45) is 0.293.